The normalized spacial score (nSPS) is 25.6. The Morgan fingerprint density at radius 3 is 2.90 bits per heavy atom. The molecule has 6 heteroatoms. The molecule has 5 nitrogen and oxygen atoms in total. The van der Waals surface area contributed by atoms with Crippen molar-refractivity contribution in [3.8, 4) is 0 Å². The minimum Gasteiger partial charge on any atom is -0.389 e. The lowest BCUT2D eigenvalue weighted by Crippen LogP contribution is -2.49. The number of hydrogen-bond donors (Lipinski definition) is 1. The fourth-order valence-electron chi connectivity index (χ4n) is 3.28. The Balaban J connectivity index is 2.05. The zero-order chi connectivity index (χ0) is 14.3. The van der Waals surface area contributed by atoms with Gasteiger partial charge in [0.15, 0.2) is 5.82 Å². The van der Waals surface area contributed by atoms with Crippen LogP contribution in [0.5, 0.6) is 0 Å². The van der Waals surface area contributed by atoms with Crippen molar-refractivity contribution in [3.05, 3.63) is 16.8 Å². The predicted octanol–water partition coefficient (Wildman–Crippen LogP) is 1.49. The second kappa shape index (κ2) is 5.26. The van der Waals surface area contributed by atoms with Gasteiger partial charge in [-0.1, -0.05) is 12.2 Å². The Kier molecular flexibility index (Phi) is 3.60. The third kappa shape index (κ3) is 2.16. The predicted molar refractivity (Wildman–Crippen MR) is 82.1 cm³/mol. The first kappa shape index (κ1) is 13.7. The van der Waals surface area contributed by atoms with Crippen molar-refractivity contribution in [2.24, 2.45) is 5.73 Å². The van der Waals surface area contributed by atoms with Crippen molar-refractivity contribution in [3.63, 3.8) is 0 Å². The van der Waals surface area contributed by atoms with Crippen molar-refractivity contribution < 1.29 is 4.74 Å². The summed E-state index contributed by atoms with van der Waals surface area (Å²) in [5.41, 5.74) is 8.72. The number of hydrogen-bond acceptors (Lipinski definition) is 5. The van der Waals surface area contributed by atoms with Crippen LogP contribution < -0.4 is 10.6 Å². The molecule has 2 fully saturated rings. The van der Waals surface area contributed by atoms with Gasteiger partial charge in [-0.2, -0.15) is 5.10 Å². The van der Waals surface area contributed by atoms with Crippen molar-refractivity contribution in [1.29, 1.82) is 0 Å². The number of morpholine rings is 1. The topological polar surface area (TPSA) is 64.3 Å². The molecule has 1 saturated carbocycles. The van der Waals surface area contributed by atoms with E-state index in [4.69, 9.17) is 22.7 Å². The lowest BCUT2D eigenvalue weighted by atomic mass is 10.1. The van der Waals surface area contributed by atoms with Crippen molar-refractivity contribution >= 4 is 23.0 Å². The highest BCUT2D eigenvalue weighted by molar-refractivity contribution is 7.80. The number of ether oxygens (including phenoxy) is 1. The van der Waals surface area contributed by atoms with Gasteiger partial charge in [-0.25, -0.2) is 0 Å². The molecule has 2 heterocycles. The summed E-state index contributed by atoms with van der Waals surface area (Å²) in [7, 11) is 0. The van der Waals surface area contributed by atoms with Gasteiger partial charge in [0.2, 0.25) is 0 Å². The third-order valence-corrected chi connectivity index (χ3v) is 4.64. The maximum Gasteiger partial charge on any atom is 0.162 e. The Morgan fingerprint density at radius 1 is 1.35 bits per heavy atom. The maximum absolute atomic E-state index is 5.93. The van der Waals surface area contributed by atoms with Crippen LogP contribution in [0.25, 0.3) is 0 Å². The van der Waals surface area contributed by atoms with Crippen LogP contribution in [0.4, 0.5) is 5.82 Å². The summed E-state index contributed by atoms with van der Waals surface area (Å²) in [5, 5.41) is 8.66. The van der Waals surface area contributed by atoms with Gasteiger partial charge in [0.25, 0.3) is 0 Å². The molecule has 0 bridgehead atoms. The highest BCUT2D eigenvalue weighted by atomic mass is 32.1. The Labute approximate surface area is 124 Å². The molecule has 2 aliphatic rings. The summed E-state index contributed by atoms with van der Waals surface area (Å²) in [4.78, 5) is 2.70. The molecule has 20 heavy (non-hydrogen) atoms. The molecule has 0 aromatic carbocycles. The molecule has 1 aromatic rings. The van der Waals surface area contributed by atoms with E-state index in [1.54, 1.807) is 0 Å². The van der Waals surface area contributed by atoms with Crippen molar-refractivity contribution in [1.82, 2.24) is 10.2 Å². The first-order valence-corrected chi connectivity index (χ1v) is 7.52. The summed E-state index contributed by atoms with van der Waals surface area (Å²) in [6.07, 6.45) is 3.77. The van der Waals surface area contributed by atoms with Gasteiger partial charge >= 0.3 is 0 Å². The number of nitrogens with two attached hydrogens (primary N) is 1. The second-order valence-electron chi connectivity index (χ2n) is 5.57. The van der Waals surface area contributed by atoms with E-state index in [1.807, 2.05) is 13.8 Å². The van der Waals surface area contributed by atoms with E-state index in [2.05, 4.69) is 15.1 Å². The van der Waals surface area contributed by atoms with Gasteiger partial charge in [0.1, 0.15) is 4.99 Å². The van der Waals surface area contributed by atoms with E-state index in [9.17, 15) is 0 Å². The van der Waals surface area contributed by atoms with Crippen LogP contribution in [-0.4, -0.2) is 40.5 Å². The molecule has 3 rings (SSSR count). The van der Waals surface area contributed by atoms with Gasteiger partial charge in [-0.05, 0) is 38.7 Å². The standard InChI is InChI=1S/C14H20N4OS/c1-8-9(2)16-17-14(12(8)13(15)20)18-6-7-19-11-5-3-4-10(11)18/h10-11H,3-7H2,1-2H3,(H2,15,20). The van der Waals surface area contributed by atoms with E-state index < -0.39 is 0 Å². The molecule has 1 saturated heterocycles. The summed E-state index contributed by atoms with van der Waals surface area (Å²) in [5.74, 6) is 0.834. The van der Waals surface area contributed by atoms with Crippen molar-refractivity contribution in [2.45, 2.75) is 45.3 Å². The number of thiocarbonyl (C=S) groups is 1. The minimum absolute atomic E-state index is 0.311. The molecule has 0 spiro atoms. The van der Waals surface area contributed by atoms with E-state index >= 15 is 0 Å². The van der Waals surface area contributed by atoms with Crippen LogP contribution in [0.15, 0.2) is 0 Å². The quantitative estimate of drug-likeness (QED) is 0.833. The summed E-state index contributed by atoms with van der Waals surface area (Å²) >= 11 is 5.24. The molecule has 1 aromatic heterocycles. The number of aryl methyl sites for hydroxylation is 1. The zero-order valence-corrected chi connectivity index (χ0v) is 12.7. The molecular formula is C14H20N4OS. The van der Waals surface area contributed by atoms with Crippen LogP contribution in [0.2, 0.25) is 0 Å². The van der Waals surface area contributed by atoms with Crippen LogP contribution in [-0.2, 0) is 4.74 Å². The minimum atomic E-state index is 0.311. The maximum atomic E-state index is 5.93. The number of fused-ring (bicyclic) bond motifs is 1. The molecule has 2 atom stereocenters. The highest BCUT2D eigenvalue weighted by Crippen LogP contribution is 2.34. The lowest BCUT2D eigenvalue weighted by Gasteiger charge is -2.39. The summed E-state index contributed by atoms with van der Waals surface area (Å²) < 4.78 is 5.85. The van der Waals surface area contributed by atoms with Crippen LogP contribution in [0.1, 0.15) is 36.1 Å². The molecule has 1 aliphatic carbocycles. The number of rotatable bonds is 2. The summed E-state index contributed by atoms with van der Waals surface area (Å²) in [6.45, 7) is 5.50. The third-order valence-electron chi connectivity index (χ3n) is 4.44. The number of aromatic nitrogens is 2. The van der Waals surface area contributed by atoms with Gasteiger partial charge in [0, 0.05) is 6.54 Å². The average Bonchev–Trinajstić information content (AvgIpc) is 2.89. The first-order chi connectivity index (χ1) is 9.59. The molecule has 1 aliphatic heterocycles. The Morgan fingerprint density at radius 2 is 2.15 bits per heavy atom. The second-order valence-corrected chi connectivity index (χ2v) is 6.01. The molecule has 0 radical (unpaired) electrons. The van der Waals surface area contributed by atoms with Crippen LogP contribution >= 0.6 is 12.2 Å². The lowest BCUT2D eigenvalue weighted by molar-refractivity contribution is 0.0252. The fourth-order valence-corrected chi connectivity index (χ4v) is 3.53. The molecule has 2 unspecified atom stereocenters. The van der Waals surface area contributed by atoms with Gasteiger partial charge in [-0.3, -0.25) is 0 Å². The van der Waals surface area contributed by atoms with Gasteiger partial charge < -0.3 is 15.4 Å². The van der Waals surface area contributed by atoms with E-state index in [1.165, 1.54) is 6.42 Å². The molecule has 0 amide bonds. The number of anilines is 1. The molecular weight excluding hydrogens is 272 g/mol. The smallest absolute Gasteiger partial charge is 0.162 e. The largest absolute Gasteiger partial charge is 0.389 e. The Bertz CT molecular complexity index is 548. The van der Waals surface area contributed by atoms with E-state index in [0.717, 1.165) is 48.6 Å². The SMILES string of the molecule is Cc1nnc(N2CCOC3CCCC32)c(C(N)=S)c1C. The molecule has 2 N–H and O–H groups in total. The Hall–Kier alpha value is -1.27. The van der Waals surface area contributed by atoms with E-state index in [0.29, 0.717) is 17.1 Å². The summed E-state index contributed by atoms with van der Waals surface area (Å²) in [6, 6.07) is 0.383. The van der Waals surface area contributed by atoms with Crippen LogP contribution in [0, 0.1) is 13.8 Å². The fraction of sp³-hybridized carbons (Fsp3) is 0.643. The van der Waals surface area contributed by atoms with Gasteiger partial charge in [-0.15, -0.1) is 5.10 Å². The van der Waals surface area contributed by atoms with Crippen molar-refractivity contribution in [2.75, 3.05) is 18.1 Å². The monoisotopic (exact) mass is 292 g/mol. The van der Waals surface area contributed by atoms with Gasteiger partial charge in [0.05, 0.1) is 30.0 Å². The van der Waals surface area contributed by atoms with E-state index in [-0.39, 0.29) is 0 Å². The zero-order valence-electron chi connectivity index (χ0n) is 11.9. The average molecular weight is 292 g/mol. The number of nitrogens with zero attached hydrogens (tertiary/aromatic N) is 3. The van der Waals surface area contributed by atoms with Crippen LogP contribution in [0.3, 0.4) is 0 Å². The molecule has 108 valence electrons. The first-order valence-electron chi connectivity index (χ1n) is 7.11. The highest BCUT2D eigenvalue weighted by Gasteiger charge is 2.38.